The van der Waals surface area contributed by atoms with Crippen molar-refractivity contribution in [3.8, 4) is 28.1 Å². The van der Waals surface area contributed by atoms with Crippen LogP contribution < -0.4 is 14.8 Å². The van der Waals surface area contributed by atoms with Crippen molar-refractivity contribution in [2.75, 3.05) is 19.0 Å². The number of nitrogens with one attached hydrogen (secondary N) is 1. The van der Waals surface area contributed by atoms with Crippen LogP contribution in [0.2, 0.25) is 0 Å². The van der Waals surface area contributed by atoms with E-state index in [9.17, 15) is 4.79 Å². The molecule has 0 unspecified atom stereocenters. The van der Waals surface area contributed by atoms with E-state index < -0.39 is 0 Å². The number of hydrogen-bond acceptors (Lipinski definition) is 6. The third-order valence-corrected chi connectivity index (χ3v) is 5.86. The van der Waals surface area contributed by atoms with Crippen LogP contribution in [0.1, 0.15) is 19.4 Å². The van der Waals surface area contributed by atoms with Crippen molar-refractivity contribution in [1.29, 1.82) is 0 Å². The number of ether oxygens (including phenoxy) is 2. The molecule has 2 heterocycles. The molecule has 1 amide bonds. The van der Waals surface area contributed by atoms with Crippen LogP contribution in [0.3, 0.4) is 0 Å². The van der Waals surface area contributed by atoms with Gasteiger partial charge in [-0.1, -0.05) is 38.1 Å². The van der Waals surface area contributed by atoms with Gasteiger partial charge in [-0.2, -0.15) is 4.98 Å². The van der Waals surface area contributed by atoms with Crippen LogP contribution in [0.5, 0.6) is 11.8 Å². The standard InChI is InChI=1S/C25H26N4O3S/c1-17(2)24(30)26-19-6-4-7-20(16-19)29-23(22-8-5-15-33-22)27-25(28-29)32-14-13-18-9-11-21(31-3)12-10-18/h4-12,15-17H,13-14H2,1-3H3,(H,26,30). The second-order valence-electron chi connectivity index (χ2n) is 7.75. The second-order valence-corrected chi connectivity index (χ2v) is 8.70. The van der Waals surface area contributed by atoms with Gasteiger partial charge in [0, 0.05) is 18.0 Å². The fourth-order valence-corrected chi connectivity index (χ4v) is 3.85. The number of aromatic nitrogens is 3. The summed E-state index contributed by atoms with van der Waals surface area (Å²) in [4.78, 5) is 17.7. The molecule has 0 saturated carbocycles. The van der Waals surface area contributed by atoms with Crippen LogP contribution in [0.25, 0.3) is 16.4 Å². The maximum Gasteiger partial charge on any atom is 0.336 e. The van der Waals surface area contributed by atoms with Crippen molar-refractivity contribution >= 4 is 22.9 Å². The minimum atomic E-state index is -0.104. The van der Waals surface area contributed by atoms with Gasteiger partial charge in [-0.25, -0.2) is 4.68 Å². The van der Waals surface area contributed by atoms with Crippen molar-refractivity contribution in [1.82, 2.24) is 14.8 Å². The zero-order valence-corrected chi connectivity index (χ0v) is 19.6. The molecule has 0 bridgehead atoms. The second kappa shape index (κ2) is 10.3. The van der Waals surface area contributed by atoms with E-state index in [1.807, 2.05) is 79.9 Å². The van der Waals surface area contributed by atoms with Crippen molar-refractivity contribution in [2.24, 2.45) is 5.92 Å². The summed E-state index contributed by atoms with van der Waals surface area (Å²) in [6, 6.07) is 19.7. The van der Waals surface area contributed by atoms with E-state index in [2.05, 4.69) is 15.4 Å². The van der Waals surface area contributed by atoms with E-state index in [1.165, 1.54) is 0 Å². The summed E-state index contributed by atoms with van der Waals surface area (Å²) in [6.07, 6.45) is 0.726. The highest BCUT2D eigenvalue weighted by molar-refractivity contribution is 7.13. The molecule has 0 radical (unpaired) electrons. The van der Waals surface area contributed by atoms with Crippen molar-refractivity contribution in [2.45, 2.75) is 20.3 Å². The molecule has 170 valence electrons. The summed E-state index contributed by atoms with van der Waals surface area (Å²) >= 11 is 1.58. The molecule has 0 saturated heterocycles. The van der Waals surface area contributed by atoms with Crippen molar-refractivity contribution in [3.63, 3.8) is 0 Å². The molecular weight excluding hydrogens is 436 g/mol. The first kappa shape index (κ1) is 22.5. The molecule has 4 rings (SSSR count). The molecule has 0 aliphatic rings. The van der Waals surface area contributed by atoms with Gasteiger partial charge in [0.25, 0.3) is 0 Å². The molecule has 4 aromatic rings. The monoisotopic (exact) mass is 462 g/mol. The lowest BCUT2D eigenvalue weighted by Gasteiger charge is -2.10. The number of anilines is 1. The van der Waals surface area contributed by atoms with Crippen LogP contribution in [-0.4, -0.2) is 34.4 Å². The molecule has 2 aromatic heterocycles. The Bertz CT molecular complexity index is 1200. The number of thiophene rings is 1. The molecule has 0 atom stereocenters. The van der Waals surface area contributed by atoms with E-state index in [-0.39, 0.29) is 11.8 Å². The highest BCUT2D eigenvalue weighted by atomic mass is 32.1. The lowest BCUT2D eigenvalue weighted by molar-refractivity contribution is -0.118. The van der Waals surface area contributed by atoms with Gasteiger partial charge in [-0.15, -0.1) is 16.4 Å². The lowest BCUT2D eigenvalue weighted by atomic mass is 10.1. The highest BCUT2D eigenvalue weighted by Gasteiger charge is 2.16. The van der Waals surface area contributed by atoms with Gasteiger partial charge < -0.3 is 14.8 Å². The SMILES string of the molecule is COc1ccc(CCOc2nc(-c3cccs3)n(-c3cccc(NC(=O)C(C)C)c3)n2)cc1. The summed E-state index contributed by atoms with van der Waals surface area (Å²) < 4.78 is 12.8. The summed E-state index contributed by atoms with van der Waals surface area (Å²) in [5.74, 6) is 1.38. The van der Waals surface area contributed by atoms with Gasteiger partial charge >= 0.3 is 6.01 Å². The quantitative estimate of drug-likeness (QED) is 0.369. The third-order valence-electron chi connectivity index (χ3n) is 4.99. The first-order valence-electron chi connectivity index (χ1n) is 10.7. The zero-order valence-electron chi connectivity index (χ0n) is 18.8. The number of hydrogen-bond donors (Lipinski definition) is 1. The fraction of sp³-hybridized carbons (Fsp3) is 0.240. The number of carbonyl (C=O) groups is 1. The number of rotatable bonds is 9. The molecule has 8 heteroatoms. The zero-order chi connectivity index (χ0) is 23.2. The Labute approximate surface area is 197 Å². The first-order valence-corrected chi connectivity index (χ1v) is 11.6. The number of nitrogens with zero attached hydrogens (tertiary/aromatic N) is 3. The Morgan fingerprint density at radius 2 is 1.94 bits per heavy atom. The number of carbonyl (C=O) groups excluding carboxylic acids is 1. The van der Waals surface area contributed by atoms with E-state index >= 15 is 0 Å². The minimum absolute atomic E-state index is 0.0354. The van der Waals surface area contributed by atoms with Crippen LogP contribution >= 0.6 is 11.3 Å². The summed E-state index contributed by atoms with van der Waals surface area (Å²) in [5.41, 5.74) is 2.64. The molecular formula is C25H26N4O3S. The minimum Gasteiger partial charge on any atom is -0.497 e. The third kappa shape index (κ3) is 5.59. The Balaban J connectivity index is 1.54. The van der Waals surface area contributed by atoms with Gasteiger partial charge in [0.1, 0.15) is 5.75 Å². The number of benzene rings is 2. The number of methoxy groups -OCH3 is 1. The first-order chi connectivity index (χ1) is 16.0. The Kier molecular flexibility index (Phi) is 7.04. The van der Waals surface area contributed by atoms with E-state index in [1.54, 1.807) is 23.1 Å². The Hall–Kier alpha value is -3.65. The summed E-state index contributed by atoms with van der Waals surface area (Å²) in [5, 5.41) is 9.54. The molecule has 1 N–H and O–H groups in total. The van der Waals surface area contributed by atoms with Gasteiger partial charge in [0.2, 0.25) is 5.91 Å². The molecule has 0 spiro atoms. The van der Waals surface area contributed by atoms with Gasteiger partial charge in [0.15, 0.2) is 5.82 Å². The van der Waals surface area contributed by atoms with Gasteiger partial charge in [0.05, 0.1) is 24.3 Å². The molecule has 0 fully saturated rings. The Morgan fingerprint density at radius 1 is 1.12 bits per heavy atom. The predicted molar refractivity (Wildman–Crippen MR) is 130 cm³/mol. The Morgan fingerprint density at radius 3 is 2.64 bits per heavy atom. The molecule has 2 aromatic carbocycles. The van der Waals surface area contributed by atoms with Gasteiger partial charge in [-0.3, -0.25) is 4.79 Å². The summed E-state index contributed by atoms with van der Waals surface area (Å²) in [6.45, 7) is 4.17. The molecule has 0 aliphatic heterocycles. The van der Waals surface area contributed by atoms with Gasteiger partial charge in [-0.05, 0) is 47.3 Å². The lowest BCUT2D eigenvalue weighted by Crippen LogP contribution is -2.17. The number of amides is 1. The summed E-state index contributed by atoms with van der Waals surface area (Å²) in [7, 11) is 1.65. The molecule has 7 nitrogen and oxygen atoms in total. The topological polar surface area (TPSA) is 78.3 Å². The van der Waals surface area contributed by atoms with Crippen molar-refractivity contribution in [3.05, 3.63) is 71.6 Å². The largest absolute Gasteiger partial charge is 0.497 e. The van der Waals surface area contributed by atoms with Crippen LogP contribution in [-0.2, 0) is 11.2 Å². The molecule has 33 heavy (non-hydrogen) atoms. The average molecular weight is 463 g/mol. The predicted octanol–water partition coefficient (Wildman–Crippen LogP) is 5.22. The van der Waals surface area contributed by atoms with Crippen LogP contribution in [0, 0.1) is 5.92 Å². The van der Waals surface area contributed by atoms with Crippen LogP contribution in [0.4, 0.5) is 5.69 Å². The van der Waals surface area contributed by atoms with E-state index in [0.717, 1.165) is 28.3 Å². The van der Waals surface area contributed by atoms with Crippen molar-refractivity contribution < 1.29 is 14.3 Å². The maximum absolute atomic E-state index is 12.1. The normalized spacial score (nSPS) is 10.9. The molecule has 0 aliphatic carbocycles. The van der Waals surface area contributed by atoms with E-state index in [0.29, 0.717) is 24.1 Å². The highest BCUT2D eigenvalue weighted by Crippen LogP contribution is 2.28. The smallest absolute Gasteiger partial charge is 0.336 e. The fourth-order valence-electron chi connectivity index (χ4n) is 3.15. The van der Waals surface area contributed by atoms with E-state index in [4.69, 9.17) is 9.47 Å². The average Bonchev–Trinajstić information content (AvgIpc) is 3.50. The maximum atomic E-state index is 12.1. The van der Waals surface area contributed by atoms with Crippen LogP contribution in [0.15, 0.2) is 66.0 Å².